The third-order valence-corrected chi connectivity index (χ3v) is 1.15. The SMILES string of the molecule is CC(=O)[O-].CC(=O)[O-].CC[NH2+]CC.CC[NH2+]CC. The maximum absolute atomic E-state index is 8.89. The molecule has 4 N–H and O–H groups in total. The van der Waals surface area contributed by atoms with Crippen LogP contribution >= 0.6 is 0 Å². The molecule has 0 fully saturated rings. The van der Waals surface area contributed by atoms with Crippen molar-refractivity contribution < 1.29 is 30.4 Å². The number of carboxylic acids is 2. The van der Waals surface area contributed by atoms with Gasteiger partial charge < -0.3 is 30.4 Å². The molecule has 0 saturated heterocycles. The fraction of sp³-hybridized carbons (Fsp3) is 0.833. The lowest BCUT2D eigenvalue weighted by atomic mass is 10.7. The molecule has 0 unspecified atom stereocenters. The summed E-state index contributed by atoms with van der Waals surface area (Å²) in [4.78, 5) is 17.8. The Bertz CT molecular complexity index is 134. The van der Waals surface area contributed by atoms with E-state index in [9.17, 15) is 0 Å². The maximum atomic E-state index is 8.89. The van der Waals surface area contributed by atoms with Crippen molar-refractivity contribution in [2.45, 2.75) is 41.5 Å². The molecule has 0 aliphatic rings. The number of carbonyl (C=O) groups excluding carboxylic acids is 2. The molecule has 112 valence electrons. The van der Waals surface area contributed by atoms with Crippen LogP contribution in [-0.4, -0.2) is 38.1 Å². The van der Waals surface area contributed by atoms with Gasteiger partial charge in [-0.25, -0.2) is 0 Å². The molecule has 6 heteroatoms. The molecule has 0 atom stereocenters. The van der Waals surface area contributed by atoms with E-state index in [2.05, 4.69) is 38.3 Å². The van der Waals surface area contributed by atoms with Gasteiger partial charge in [-0.2, -0.15) is 0 Å². The van der Waals surface area contributed by atoms with Gasteiger partial charge in [-0.3, -0.25) is 0 Å². The third-order valence-electron chi connectivity index (χ3n) is 1.15. The minimum absolute atomic E-state index is 0.972. The monoisotopic (exact) mass is 266 g/mol. The summed E-state index contributed by atoms with van der Waals surface area (Å²) in [5.74, 6) is -2.17. The first-order valence-corrected chi connectivity index (χ1v) is 6.28. The van der Waals surface area contributed by atoms with Gasteiger partial charge in [0.1, 0.15) is 0 Å². The van der Waals surface area contributed by atoms with Crippen LogP contribution in [0.3, 0.4) is 0 Å². The lowest BCUT2D eigenvalue weighted by Crippen LogP contribution is -2.82. The minimum Gasteiger partial charge on any atom is -0.550 e. The van der Waals surface area contributed by atoms with Gasteiger partial charge >= 0.3 is 0 Å². The molecular formula is C12H30N2O4. The summed E-state index contributed by atoms with van der Waals surface area (Å²) in [5.41, 5.74) is 0. The van der Waals surface area contributed by atoms with Crippen LogP contribution in [0.2, 0.25) is 0 Å². The summed E-state index contributed by atoms with van der Waals surface area (Å²) >= 11 is 0. The van der Waals surface area contributed by atoms with Crippen LogP contribution < -0.4 is 20.8 Å². The molecule has 0 saturated carbocycles. The number of nitrogens with two attached hydrogens (primary N) is 2. The molecular weight excluding hydrogens is 236 g/mol. The molecule has 18 heavy (non-hydrogen) atoms. The van der Waals surface area contributed by atoms with Crippen molar-refractivity contribution in [3.05, 3.63) is 0 Å². The van der Waals surface area contributed by atoms with Gasteiger partial charge in [0.05, 0.1) is 26.2 Å². The standard InChI is InChI=1S/2C4H11N.2C2H4O2/c2*1-3-5-4-2;2*1-2(3)4/h2*5H,3-4H2,1-2H3;2*1H3,(H,3,4). The Labute approximate surface area is 111 Å². The summed E-state index contributed by atoms with van der Waals surface area (Å²) in [6.07, 6.45) is 0. The van der Waals surface area contributed by atoms with Gasteiger partial charge in [0.2, 0.25) is 0 Å². The second-order valence-electron chi connectivity index (χ2n) is 3.19. The molecule has 0 aliphatic heterocycles. The molecule has 0 rings (SSSR count). The number of carboxylic acid groups (broad SMARTS) is 2. The van der Waals surface area contributed by atoms with Crippen molar-refractivity contribution in [1.29, 1.82) is 0 Å². The summed E-state index contributed by atoms with van der Waals surface area (Å²) in [7, 11) is 0. The van der Waals surface area contributed by atoms with Gasteiger partial charge in [-0.1, -0.05) is 0 Å². The molecule has 6 nitrogen and oxygen atoms in total. The first kappa shape index (κ1) is 25.6. The molecule has 0 radical (unpaired) electrons. The van der Waals surface area contributed by atoms with E-state index in [4.69, 9.17) is 19.8 Å². The number of carbonyl (C=O) groups is 2. The van der Waals surface area contributed by atoms with Gasteiger partial charge in [-0.05, 0) is 41.5 Å². The highest BCUT2D eigenvalue weighted by Crippen LogP contribution is 1.31. The molecule has 0 aromatic rings. The maximum Gasteiger partial charge on any atom is 0.0726 e. The molecule has 0 aromatic carbocycles. The van der Waals surface area contributed by atoms with Crippen molar-refractivity contribution in [2.24, 2.45) is 0 Å². The van der Waals surface area contributed by atoms with E-state index in [1.54, 1.807) is 0 Å². The topological polar surface area (TPSA) is 113 Å². The van der Waals surface area contributed by atoms with Crippen molar-refractivity contribution in [2.75, 3.05) is 26.2 Å². The Morgan fingerprint density at radius 2 is 0.833 bits per heavy atom. The van der Waals surface area contributed by atoms with Crippen LogP contribution in [0.15, 0.2) is 0 Å². The van der Waals surface area contributed by atoms with Crippen LogP contribution in [0.25, 0.3) is 0 Å². The Morgan fingerprint density at radius 1 is 0.722 bits per heavy atom. The first-order chi connectivity index (χ1) is 8.29. The lowest BCUT2D eigenvalue weighted by Gasteiger charge is -1.83. The number of quaternary nitrogens is 2. The first-order valence-electron chi connectivity index (χ1n) is 6.28. The zero-order chi connectivity index (χ0) is 15.4. The highest BCUT2D eigenvalue weighted by molar-refractivity contribution is 5.60. The van der Waals surface area contributed by atoms with Crippen LogP contribution in [0.4, 0.5) is 0 Å². The van der Waals surface area contributed by atoms with E-state index in [0.717, 1.165) is 13.8 Å². The number of rotatable bonds is 4. The van der Waals surface area contributed by atoms with E-state index >= 15 is 0 Å². The normalized spacial score (nSPS) is 7.44. The zero-order valence-corrected chi connectivity index (χ0v) is 12.6. The molecule has 0 bridgehead atoms. The van der Waals surface area contributed by atoms with E-state index in [-0.39, 0.29) is 0 Å². The lowest BCUT2D eigenvalue weighted by molar-refractivity contribution is -0.648. The second-order valence-corrected chi connectivity index (χ2v) is 3.19. The van der Waals surface area contributed by atoms with E-state index in [1.165, 1.54) is 26.2 Å². The number of aliphatic carboxylic acids is 2. The van der Waals surface area contributed by atoms with Crippen LogP contribution in [0, 0.1) is 0 Å². The Kier molecular flexibility index (Phi) is 42.3. The van der Waals surface area contributed by atoms with Crippen LogP contribution in [-0.2, 0) is 9.59 Å². The predicted molar refractivity (Wildman–Crippen MR) is 67.4 cm³/mol. The molecule has 0 aliphatic carbocycles. The van der Waals surface area contributed by atoms with Gasteiger partial charge in [0.15, 0.2) is 0 Å². The highest BCUT2D eigenvalue weighted by Gasteiger charge is 1.67. The molecule has 0 heterocycles. The Balaban J connectivity index is -0.0000000731. The van der Waals surface area contributed by atoms with Gasteiger partial charge in [-0.15, -0.1) is 0 Å². The number of hydrogen-bond acceptors (Lipinski definition) is 4. The van der Waals surface area contributed by atoms with E-state index < -0.39 is 11.9 Å². The molecule has 0 amide bonds. The quantitative estimate of drug-likeness (QED) is 0.554. The van der Waals surface area contributed by atoms with E-state index in [1.807, 2.05) is 0 Å². The average molecular weight is 266 g/mol. The summed E-state index contributed by atoms with van der Waals surface area (Å²) in [6.45, 7) is 15.4. The number of hydrogen-bond donors (Lipinski definition) is 2. The van der Waals surface area contributed by atoms with Crippen molar-refractivity contribution in [1.82, 2.24) is 0 Å². The largest absolute Gasteiger partial charge is 0.550 e. The fourth-order valence-corrected chi connectivity index (χ4v) is 0.577. The van der Waals surface area contributed by atoms with Gasteiger partial charge in [0, 0.05) is 11.9 Å². The minimum atomic E-state index is -1.08. The van der Waals surface area contributed by atoms with Crippen molar-refractivity contribution in [3.8, 4) is 0 Å². The molecule has 0 spiro atoms. The fourth-order valence-electron chi connectivity index (χ4n) is 0.577. The smallest absolute Gasteiger partial charge is 0.0726 e. The Morgan fingerprint density at radius 3 is 0.833 bits per heavy atom. The molecule has 0 aromatic heterocycles. The Hall–Kier alpha value is -1.14. The third kappa shape index (κ3) is 349. The summed E-state index contributed by atoms with van der Waals surface area (Å²) in [6, 6.07) is 0. The van der Waals surface area contributed by atoms with Crippen LogP contribution in [0.1, 0.15) is 41.5 Å². The second kappa shape index (κ2) is 29.7. The summed E-state index contributed by atoms with van der Waals surface area (Å²) < 4.78 is 0. The predicted octanol–water partition coefficient (Wildman–Crippen LogP) is -3.31. The van der Waals surface area contributed by atoms with Crippen molar-refractivity contribution >= 4 is 11.9 Å². The van der Waals surface area contributed by atoms with E-state index in [0.29, 0.717) is 0 Å². The van der Waals surface area contributed by atoms with Crippen molar-refractivity contribution in [3.63, 3.8) is 0 Å². The highest BCUT2D eigenvalue weighted by atomic mass is 16.4. The average Bonchev–Trinajstić information content (AvgIpc) is 2.19. The van der Waals surface area contributed by atoms with Gasteiger partial charge in [0.25, 0.3) is 0 Å². The zero-order valence-electron chi connectivity index (χ0n) is 12.6. The van der Waals surface area contributed by atoms with Crippen LogP contribution in [0.5, 0.6) is 0 Å². The summed E-state index contributed by atoms with van der Waals surface area (Å²) in [5, 5.41) is 22.3.